The first-order chi connectivity index (χ1) is 11.2. The summed E-state index contributed by atoms with van der Waals surface area (Å²) in [6, 6.07) is 13.5. The molecule has 0 spiro atoms. The number of carbonyl (C=O) groups is 1. The second-order valence-electron chi connectivity index (χ2n) is 5.63. The minimum absolute atomic E-state index is 0. The lowest BCUT2D eigenvalue weighted by Gasteiger charge is -2.11. The van der Waals surface area contributed by atoms with Crippen molar-refractivity contribution in [3.05, 3.63) is 59.9 Å². The van der Waals surface area contributed by atoms with Crippen LogP contribution in [-0.4, -0.2) is 19.0 Å². The molecule has 3 rings (SSSR count). The molecule has 4 nitrogen and oxygen atoms in total. The second-order valence-corrected chi connectivity index (χ2v) is 5.63. The molecule has 0 aliphatic carbocycles. The number of anilines is 1. The van der Waals surface area contributed by atoms with Crippen molar-refractivity contribution in [3.63, 3.8) is 0 Å². The number of halogens is 2. The van der Waals surface area contributed by atoms with Gasteiger partial charge in [-0.2, -0.15) is 0 Å². The number of hydrogen-bond donors (Lipinski definition) is 2. The van der Waals surface area contributed by atoms with Gasteiger partial charge in [-0.25, -0.2) is 4.39 Å². The number of ether oxygens (including phenoxy) is 1. The molecule has 1 amide bonds. The average Bonchev–Trinajstić information content (AvgIpc) is 3.08. The maximum absolute atomic E-state index is 13.1. The molecule has 1 aliphatic heterocycles. The minimum Gasteiger partial charge on any atom is -0.489 e. The fourth-order valence-electron chi connectivity index (χ4n) is 2.59. The lowest BCUT2D eigenvalue weighted by molar-refractivity contribution is -0.119. The van der Waals surface area contributed by atoms with Gasteiger partial charge in [-0.05, 0) is 42.8 Å². The maximum Gasteiger partial charge on any atom is 0.228 e. The molecule has 1 unspecified atom stereocenters. The Kier molecular flexibility index (Phi) is 6.58. The van der Waals surface area contributed by atoms with E-state index in [-0.39, 0.29) is 30.0 Å². The van der Waals surface area contributed by atoms with Crippen LogP contribution in [0.25, 0.3) is 0 Å². The summed E-state index contributed by atoms with van der Waals surface area (Å²) in [7, 11) is 0. The van der Waals surface area contributed by atoms with Crippen molar-refractivity contribution < 1.29 is 13.9 Å². The summed E-state index contributed by atoms with van der Waals surface area (Å²) in [5.74, 6) is 0.227. The van der Waals surface area contributed by atoms with E-state index in [4.69, 9.17) is 4.74 Å². The van der Waals surface area contributed by atoms with Gasteiger partial charge in [0, 0.05) is 18.3 Å². The molecule has 1 saturated heterocycles. The van der Waals surface area contributed by atoms with Crippen molar-refractivity contribution in [2.24, 2.45) is 5.92 Å². The monoisotopic (exact) mass is 350 g/mol. The van der Waals surface area contributed by atoms with Gasteiger partial charge in [-0.3, -0.25) is 4.79 Å². The van der Waals surface area contributed by atoms with Gasteiger partial charge in [-0.15, -0.1) is 12.4 Å². The first-order valence-electron chi connectivity index (χ1n) is 7.69. The zero-order valence-corrected chi connectivity index (χ0v) is 13.9. The van der Waals surface area contributed by atoms with Gasteiger partial charge < -0.3 is 15.4 Å². The molecule has 1 fully saturated rings. The average molecular weight is 351 g/mol. The molecular formula is C18H20ClFN2O2. The number of rotatable bonds is 5. The minimum atomic E-state index is -0.325. The molecule has 128 valence electrons. The Balaban J connectivity index is 0.00000208. The van der Waals surface area contributed by atoms with Gasteiger partial charge in [0.1, 0.15) is 18.2 Å². The predicted octanol–water partition coefficient (Wildman–Crippen LogP) is 3.37. The van der Waals surface area contributed by atoms with E-state index in [2.05, 4.69) is 10.6 Å². The van der Waals surface area contributed by atoms with E-state index in [1.54, 1.807) is 12.1 Å². The molecule has 24 heavy (non-hydrogen) atoms. The van der Waals surface area contributed by atoms with Crippen LogP contribution in [0.3, 0.4) is 0 Å². The number of benzene rings is 2. The Morgan fingerprint density at radius 1 is 1.25 bits per heavy atom. The predicted molar refractivity (Wildman–Crippen MR) is 94.0 cm³/mol. The summed E-state index contributed by atoms with van der Waals surface area (Å²) < 4.78 is 18.7. The zero-order valence-electron chi connectivity index (χ0n) is 13.1. The standard InChI is InChI=1S/C18H19FN2O2.ClH/c19-15-4-2-6-17(10-15)23-12-13-3-1-5-16(9-13)21-18(22)14-7-8-20-11-14;/h1-6,9-10,14,20H,7-8,11-12H2,(H,21,22);1H. The summed E-state index contributed by atoms with van der Waals surface area (Å²) >= 11 is 0. The molecule has 0 saturated carbocycles. The molecule has 0 radical (unpaired) electrons. The van der Waals surface area contributed by atoms with Gasteiger partial charge in [0.2, 0.25) is 5.91 Å². The number of hydrogen-bond acceptors (Lipinski definition) is 3. The Morgan fingerprint density at radius 3 is 2.83 bits per heavy atom. The van der Waals surface area contributed by atoms with Crippen molar-refractivity contribution in [2.45, 2.75) is 13.0 Å². The molecule has 0 bridgehead atoms. The van der Waals surface area contributed by atoms with Gasteiger partial charge >= 0.3 is 0 Å². The molecule has 2 aromatic rings. The van der Waals surface area contributed by atoms with Gasteiger partial charge in [0.25, 0.3) is 0 Å². The van der Waals surface area contributed by atoms with Crippen molar-refractivity contribution in [1.29, 1.82) is 0 Å². The van der Waals surface area contributed by atoms with Crippen LogP contribution in [0.4, 0.5) is 10.1 Å². The zero-order chi connectivity index (χ0) is 16.1. The number of nitrogens with one attached hydrogen (secondary N) is 2. The molecule has 1 aliphatic rings. The summed E-state index contributed by atoms with van der Waals surface area (Å²) in [4.78, 5) is 12.1. The SMILES string of the molecule is Cl.O=C(Nc1cccc(COc2cccc(F)c2)c1)C1CCNC1. The number of amides is 1. The summed E-state index contributed by atoms with van der Waals surface area (Å²) in [6.07, 6.45) is 0.869. The molecule has 2 N–H and O–H groups in total. The first-order valence-corrected chi connectivity index (χ1v) is 7.69. The molecule has 1 heterocycles. The summed E-state index contributed by atoms with van der Waals surface area (Å²) in [5, 5.41) is 6.12. The van der Waals surface area contributed by atoms with Crippen LogP contribution in [0.2, 0.25) is 0 Å². The summed E-state index contributed by atoms with van der Waals surface area (Å²) in [6.45, 7) is 1.94. The van der Waals surface area contributed by atoms with Crippen LogP contribution in [0.15, 0.2) is 48.5 Å². The Labute approximate surface area is 146 Å². The van der Waals surface area contributed by atoms with E-state index in [1.807, 2.05) is 24.3 Å². The molecule has 1 atom stereocenters. The summed E-state index contributed by atoms with van der Waals surface area (Å²) in [5.41, 5.74) is 1.67. The smallest absolute Gasteiger partial charge is 0.228 e. The van der Waals surface area contributed by atoms with E-state index >= 15 is 0 Å². The van der Waals surface area contributed by atoms with Crippen molar-refractivity contribution >= 4 is 24.0 Å². The normalized spacial score (nSPS) is 16.3. The fourth-order valence-corrected chi connectivity index (χ4v) is 2.59. The largest absolute Gasteiger partial charge is 0.489 e. The van der Waals surface area contributed by atoms with Crippen molar-refractivity contribution in [1.82, 2.24) is 5.32 Å². The van der Waals surface area contributed by atoms with Gasteiger partial charge in [0.15, 0.2) is 0 Å². The van der Waals surface area contributed by atoms with E-state index < -0.39 is 0 Å². The highest BCUT2D eigenvalue weighted by molar-refractivity contribution is 5.92. The third kappa shape index (κ3) is 4.94. The number of carbonyl (C=O) groups excluding carboxylic acids is 1. The Morgan fingerprint density at radius 2 is 2.08 bits per heavy atom. The quantitative estimate of drug-likeness (QED) is 0.869. The fraction of sp³-hybridized carbons (Fsp3) is 0.278. The lowest BCUT2D eigenvalue weighted by atomic mass is 10.1. The van der Waals surface area contributed by atoms with Crippen LogP contribution >= 0.6 is 12.4 Å². The van der Waals surface area contributed by atoms with Crippen LogP contribution in [0.1, 0.15) is 12.0 Å². The van der Waals surface area contributed by atoms with E-state index in [1.165, 1.54) is 12.1 Å². The maximum atomic E-state index is 13.1. The molecular weight excluding hydrogens is 331 g/mol. The van der Waals surface area contributed by atoms with Crippen molar-refractivity contribution in [3.8, 4) is 5.75 Å². The van der Waals surface area contributed by atoms with E-state index in [9.17, 15) is 9.18 Å². The van der Waals surface area contributed by atoms with Crippen LogP contribution in [0.5, 0.6) is 5.75 Å². The van der Waals surface area contributed by atoms with Gasteiger partial charge in [-0.1, -0.05) is 18.2 Å². The van der Waals surface area contributed by atoms with Gasteiger partial charge in [0.05, 0.1) is 5.92 Å². The van der Waals surface area contributed by atoms with Crippen LogP contribution in [0, 0.1) is 11.7 Å². The van der Waals surface area contributed by atoms with Crippen LogP contribution < -0.4 is 15.4 Å². The molecule has 2 aromatic carbocycles. The lowest BCUT2D eigenvalue weighted by Crippen LogP contribution is -2.24. The van der Waals surface area contributed by atoms with Crippen LogP contribution in [-0.2, 0) is 11.4 Å². The van der Waals surface area contributed by atoms with E-state index in [0.717, 1.165) is 30.8 Å². The third-order valence-corrected chi connectivity index (χ3v) is 3.83. The Hall–Kier alpha value is -2.11. The molecule has 0 aromatic heterocycles. The highest BCUT2D eigenvalue weighted by Crippen LogP contribution is 2.17. The van der Waals surface area contributed by atoms with Crippen molar-refractivity contribution in [2.75, 3.05) is 18.4 Å². The van der Waals surface area contributed by atoms with E-state index in [0.29, 0.717) is 12.4 Å². The highest BCUT2D eigenvalue weighted by atomic mass is 35.5. The topological polar surface area (TPSA) is 50.4 Å². The highest BCUT2D eigenvalue weighted by Gasteiger charge is 2.22. The molecule has 6 heteroatoms. The first kappa shape index (κ1) is 18.2. The second kappa shape index (κ2) is 8.66. The Bertz CT molecular complexity index is 690. The third-order valence-electron chi connectivity index (χ3n) is 3.83.